The molecule has 4 nitrogen and oxygen atoms in total. The highest BCUT2D eigenvalue weighted by Gasteiger charge is 2.08. The Bertz CT molecular complexity index is 743. The molecule has 2 amide bonds. The summed E-state index contributed by atoms with van der Waals surface area (Å²) in [6, 6.07) is 11.3. The largest absolute Gasteiger partial charge is 0.323 e. The summed E-state index contributed by atoms with van der Waals surface area (Å²) in [7, 11) is 0. The Balaban J connectivity index is 2.12. The van der Waals surface area contributed by atoms with Crippen LogP contribution >= 0.6 is 39.1 Å². The second-order valence-electron chi connectivity index (χ2n) is 4.01. The van der Waals surface area contributed by atoms with E-state index in [9.17, 15) is 4.79 Å². The molecule has 2 aromatic rings. The summed E-state index contributed by atoms with van der Waals surface area (Å²) in [4.78, 5) is 11.9. The SMILES string of the molecule is N#Cc1cc(Br)ccc1NC(=O)Nc1ccc(Cl)c(Cl)c1. The standard InChI is InChI=1S/C14H8BrCl2N3O/c15-9-1-4-13(8(5-9)7-18)20-14(21)19-10-2-3-11(16)12(17)6-10/h1-6H,(H2,19,20,21). The summed E-state index contributed by atoms with van der Waals surface area (Å²) in [6.45, 7) is 0. The molecule has 0 bridgehead atoms. The average Bonchev–Trinajstić information content (AvgIpc) is 2.44. The van der Waals surface area contributed by atoms with E-state index in [1.54, 1.807) is 30.3 Å². The molecule has 0 aromatic heterocycles. The maximum Gasteiger partial charge on any atom is 0.323 e. The van der Waals surface area contributed by atoms with Gasteiger partial charge in [-0.2, -0.15) is 5.26 Å². The minimum atomic E-state index is -0.479. The summed E-state index contributed by atoms with van der Waals surface area (Å²) in [5, 5.41) is 15.0. The molecule has 0 atom stereocenters. The molecule has 0 radical (unpaired) electrons. The smallest absolute Gasteiger partial charge is 0.308 e. The number of urea groups is 1. The van der Waals surface area contributed by atoms with Crippen molar-refractivity contribution in [1.82, 2.24) is 0 Å². The first kappa shape index (κ1) is 15.6. The van der Waals surface area contributed by atoms with Gasteiger partial charge in [0.1, 0.15) is 6.07 Å². The first-order valence-electron chi connectivity index (χ1n) is 5.72. The highest BCUT2D eigenvalue weighted by molar-refractivity contribution is 9.10. The highest BCUT2D eigenvalue weighted by atomic mass is 79.9. The van der Waals surface area contributed by atoms with Gasteiger partial charge in [0.15, 0.2) is 0 Å². The van der Waals surface area contributed by atoms with E-state index in [4.69, 9.17) is 28.5 Å². The molecule has 2 aromatic carbocycles. The first-order chi connectivity index (χ1) is 9.99. The molecule has 0 aliphatic heterocycles. The second-order valence-corrected chi connectivity index (χ2v) is 5.74. The number of anilines is 2. The molecule has 0 aliphatic carbocycles. The van der Waals surface area contributed by atoms with Gasteiger partial charge in [0, 0.05) is 10.2 Å². The molecule has 7 heteroatoms. The fraction of sp³-hybridized carbons (Fsp3) is 0. The number of amides is 2. The number of halogens is 3. The number of nitriles is 1. The van der Waals surface area contributed by atoms with Crippen LogP contribution in [0.5, 0.6) is 0 Å². The Morgan fingerprint density at radius 3 is 2.52 bits per heavy atom. The van der Waals surface area contributed by atoms with Gasteiger partial charge in [-0.1, -0.05) is 39.1 Å². The highest BCUT2D eigenvalue weighted by Crippen LogP contribution is 2.25. The summed E-state index contributed by atoms with van der Waals surface area (Å²) >= 11 is 14.9. The summed E-state index contributed by atoms with van der Waals surface area (Å²) in [6.07, 6.45) is 0. The second kappa shape index (κ2) is 6.81. The van der Waals surface area contributed by atoms with Crippen molar-refractivity contribution in [1.29, 1.82) is 5.26 Å². The van der Waals surface area contributed by atoms with E-state index in [0.717, 1.165) is 4.47 Å². The molecule has 0 saturated heterocycles. The van der Waals surface area contributed by atoms with Crippen LogP contribution in [0.3, 0.4) is 0 Å². The number of benzene rings is 2. The molecule has 0 saturated carbocycles. The lowest BCUT2D eigenvalue weighted by Crippen LogP contribution is -2.20. The fourth-order valence-electron chi connectivity index (χ4n) is 1.58. The third-order valence-electron chi connectivity index (χ3n) is 2.53. The van der Waals surface area contributed by atoms with Crippen molar-refractivity contribution in [2.45, 2.75) is 0 Å². The summed E-state index contributed by atoms with van der Waals surface area (Å²) in [5.41, 5.74) is 1.27. The predicted molar refractivity (Wildman–Crippen MR) is 88.0 cm³/mol. The molecular weight excluding hydrogens is 377 g/mol. The lowest BCUT2D eigenvalue weighted by Gasteiger charge is -2.09. The molecule has 0 unspecified atom stereocenters. The lowest BCUT2D eigenvalue weighted by molar-refractivity contribution is 0.262. The van der Waals surface area contributed by atoms with E-state index < -0.39 is 6.03 Å². The number of rotatable bonds is 2. The Labute approximate surface area is 139 Å². The van der Waals surface area contributed by atoms with Crippen LogP contribution < -0.4 is 10.6 Å². The molecule has 0 spiro atoms. The quantitative estimate of drug-likeness (QED) is 0.740. The van der Waals surface area contributed by atoms with E-state index in [-0.39, 0.29) is 0 Å². The molecular formula is C14H8BrCl2N3O. The Morgan fingerprint density at radius 1 is 1.10 bits per heavy atom. The minimum Gasteiger partial charge on any atom is -0.308 e. The zero-order chi connectivity index (χ0) is 15.4. The molecule has 106 valence electrons. The third kappa shape index (κ3) is 4.11. The Morgan fingerprint density at radius 2 is 1.86 bits per heavy atom. The van der Waals surface area contributed by atoms with Gasteiger partial charge in [0.25, 0.3) is 0 Å². The molecule has 0 fully saturated rings. The van der Waals surface area contributed by atoms with Gasteiger partial charge in [0.05, 0.1) is 21.3 Å². The zero-order valence-corrected chi connectivity index (χ0v) is 13.6. The number of hydrogen-bond acceptors (Lipinski definition) is 2. The van der Waals surface area contributed by atoms with Crippen molar-refractivity contribution in [2.24, 2.45) is 0 Å². The maximum absolute atomic E-state index is 11.9. The van der Waals surface area contributed by atoms with Gasteiger partial charge < -0.3 is 10.6 Å². The van der Waals surface area contributed by atoms with Crippen LogP contribution in [0, 0.1) is 11.3 Å². The molecule has 0 heterocycles. The van der Waals surface area contributed by atoms with E-state index >= 15 is 0 Å². The number of carbonyl (C=O) groups is 1. The number of nitrogens with one attached hydrogen (secondary N) is 2. The van der Waals surface area contributed by atoms with Crippen LogP contribution in [0.25, 0.3) is 0 Å². The van der Waals surface area contributed by atoms with Gasteiger partial charge in [-0.25, -0.2) is 4.79 Å². The fourth-order valence-corrected chi connectivity index (χ4v) is 2.24. The molecule has 2 N–H and O–H groups in total. The van der Waals surface area contributed by atoms with Crippen LogP contribution in [0.15, 0.2) is 40.9 Å². The number of nitrogens with zero attached hydrogens (tertiary/aromatic N) is 1. The van der Waals surface area contributed by atoms with Gasteiger partial charge in [0.2, 0.25) is 0 Å². The maximum atomic E-state index is 11.9. The van der Waals surface area contributed by atoms with E-state index in [2.05, 4.69) is 26.6 Å². The van der Waals surface area contributed by atoms with Crippen molar-refractivity contribution in [2.75, 3.05) is 10.6 Å². The van der Waals surface area contributed by atoms with E-state index in [1.807, 2.05) is 6.07 Å². The average molecular weight is 385 g/mol. The molecule has 21 heavy (non-hydrogen) atoms. The van der Waals surface area contributed by atoms with Crippen LogP contribution in [-0.2, 0) is 0 Å². The number of carbonyl (C=O) groups excluding carboxylic acids is 1. The van der Waals surface area contributed by atoms with Crippen molar-refractivity contribution in [3.8, 4) is 6.07 Å². The monoisotopic (exact) mass is 383 g/mol. The normalized spacial score (nSPS) is 9.81. The first-order valence-corrected chi connectivity index (χ1v) is 7.27. The van der Waals surface area contributed by atoms with Gasteiger partial charge in [-0.3, -0.25) is 0 Å². The van der Waals surface area contributed by atoms with E-state index in [0.29, 0.717) is 27.0 Å². The van der Waals surface area contributed by atoms with Crippen LogP contribution in [0.1, 0.15) is 5.56 Å². The van der Waals surface area contributed by atoms with Crippen molar-refractivity contribution in [3.05, 3.63) is 56.5 Å². The predicted octanol–water partition coefficient (Wildman–Crippen LogP) is 5.27. The van der Waals surface area contributed by atoms with Gasteiger partial charge in [-0.05, 0) is 36.4 Å². The van der Waals surface area contributed by atoms with E-state index in [1.165, 1.54) is 6.07 Å². The summed E-state index contributed by atoms with van der Waals surface area (Å²) in [5.74, 6) is 0. The number of hydrogen-bond donors (Lipinski definition) is 2. The van der Waals surface area contributed by atoms with Crippen LogP contribution in [-0.4, -0.2) is 6.03 Å². The van der Waals surface area contributed by atoms with Gasteiger partial charge in [-0.15, -0.1) is 0 Å². The van der Waals surface area contributed by atoms with Crippen molar-refractivity contribution >= 4 is 56.5 Å². The summed E-state index contributed by atoms with van der Waals surface area (Å²) < 4.78 is 0.759. The Hall–Kier alpha value is -1.74. The van der Waals surface area contributed by atoms with Crippen molar-refractivity contribution < 1.29 is 4.79 Å². The topological polar surface area (TPSA) is 64.9 Å². The van der Waals surface area contributed by atoms with Crippen LogP contribution in [0.2, 0.25) is 10.0 Å². The third-order valence-corrected chi connectivity index (χ3v) is 3.76. The van der Waals surface area contributed by atoms with Gasteiger partial charge >= 0.3 is 6.03 Å². The van der Waals surface area contributed by atoms with Crippen LogP contribution in [0.4, 0.5) is 16.2 Å². The lowest BCUT2D eigenvalue weighted by atomic mass is 10.2. The molecule has 2 rings (SSSR count). The zero-order valence-electron chi connectivity index (χ0n) is 10.5. The van der Waals surface area contributed by atoms with Crippen molar-refractivity contribution in [3.63, 3.8) is 0 Å². The molecule has 0 aliphatic rings. The minimum absolute atomic E-state index is 0.343. The Kier molecular flexibility index (Phi) is 5.07.